The molecule has 1 aliphatic rings. The SMILES string of the molecule is CNc1ccc(C(=O)NC2CCOCC2C)cn1. The van der Waals surface area contributed by atoms with Crippen LogP contribution in [0, 0.1) is 5.92 Å². The lowest BCUT2D eigenvalue weighted by Crippen LogP contribution is -2.44. The van der Waals surface area contributed by atoms with Crippen molar-refractivity contribution < 1.29 is 9.53 Å². The second-order valence-corrected chi connectivity index (χ2v) is 4.60. The van der Waals surface area contributed by atoms with Crippen LogP contribution in [0.5, 0.6) is 0 Å². The molecule has 0 radical (unpaired) electrons. The third-order valence-corrected chi connectivity index (χ3v) is 3.24. The molecule has 18 heavy (non-hydrogen) atoms. The predicted octanol–water partition coefficient (Wildman–Crippen LogP) is 1.28. The Hall–Kier alpha value is -1.62. The van der Waals surface area contributed by atoms with Gasteiger partial charge in [0.25, 0.3) is 5.91 Å². The Labute approximate surface area is 107 Å². The van der Waals surface area contributed by atoms with Crippen LogP contribution in [0.1, 0.15) is 23.7 Å². The molecule has 2 N–H and O–H groups in total. The summed E-state index contributed by atoms with van der Waals surface area (Å²) in [6, 6.07) is 3.76. The van der Waals surface area contributed by atoms with Gasteiger partial charge in [0.1, 0.15) is 5.82 Å². The Morgan fingerprint density at radius 2 is 2.33 bits per heavy atom. The van der Waals surface area contributed by atoms with Gasteiger partial charge in [-0.25, -0.2) is 4.98 Å². The van der Waals surface area contributed by atoms with Gasteiger partial charge in [0.15, 0.2) is 0 Å². The lowest BCUT2D eigenvalue weighted by molar-refractivity contribution is 0.0375. The summed E-state index contributed by atoms with van der Waals surface area (Å²) >= 11 is 0. The normalized spacial score (nSPS) is 23.4. The molecule has 1 saturated heterocycles. The Kier molecular flexibility index (Phi) is 4.15. The summed E-state index contributed by atoms with van der Waals surface area (Å²) in [6.45, 7) is 3.51. The highest BCUT2D eigenvalue weighted by Gasteiger charge is 2.23. The molecule has 0 aromatic carbocycles. The van der Waals surface area contributed by atoms with E-state index in [9.17, 15) is 4.79 Å². The van der Waals surface area contributed by atoms with E-state index in [1.54, 1.807) is 25.4 Å². The Morgan fingerprint density at radius 3 is 2.94 bits per heavy atom. The summed E-state index contributed by atoms with van der Waals surface area (Å²) in [6.07, 6.45) is 2.46. The average molecular weight is 249 g/mol. The molecular formula is C13H19N3O2. The van der Waals surface area contributed by atoms with Crippen LogP contribution in [0.2, 0.25) is 0 Å². The number of pyridine rings is 1. The van der Waals surface area contributed by atoms with E-state index in [4.69, 9.17) is 4.74 Å². The van der Waals surface area contributed by atoms with Gasteiger partial charge < -0.3 is 15.4 Å². The van der Waals surface area contributed by atoms with Crippen molar-refractivity contribution in [2.24, 2.45) is 5.92 Å². The van der Waals surface area contributed by atoms with Gasteiger partial charge in [-0.15, -0.1) is 0 Å². The second-order valence-electron chi connectivity index (χ2n) is 4.60. The van der Waals surface area contributed by atoms with Crippen molar-refractivity contribution in [3.63, 3.8) is 0 Å². The summed E-state index contributed by atoms with van der Waals surface area (Å²) in [5.41, 5.74) is 0.590. The minimum absolute atomic E-state index is 0.0658. The monoisotopic (exact) mass is 249 g/mol. The molecule has 1 aromatic heterocycles. The van der Waals surface area contributed by atoms with Crippen molar-refractivity contribution >= 4 is 11.7 Å². The van der Waals surface area contributed by atoms with Crippen LogP contribution in [0.15, 0.2) is 18.3 Å². The number of amides is 1. The highest BCUT2D eigenvalue weighted by atomic mass is 16.5. The fraction of sp³-hybridized carbons (Fsp3) is 0.538. The van der Waals surface area contributed by atoms with Crippen LogP contribution in [0.25, 0.3) is 0 Å². The molecule has 5 nitrogen and oxygen atoms in total. The van der Waals surface area contributed by atoms with Crippen molar-refractivity contribution in [1.29, 1.82) is 0 Å². The maximum Gasteiger partial charge on any atom is 0.253 e. The zero-order valence-electron chi connectivity index (χ0n) is 10.8. The number of nitrogens with zero attached hydrogens (tertiary/aromatic N) is 1. The van der Waals surface area contributed by atoms with Gasteiger partial charge in [0, 0.05) is 25.9 Å². The quantitative estimate of drug-likeness (QED) is 0.847. The molecule has 1 amide bonds. The number of rotatable bonds is 3. The lowest BCUT2D eigenvalue weighted by atomic mass is 9.97. The number of carbonyl (C=O) groups excluding carboxylic acids is 1. The van der Waals surface area contributed by atoms with E-state index in [-0.39, 0.29) is 11.9 Å². The molecule has 2 unspecified atom stereocenters. The topological polar surface area (TPSA) is 63.2 Å². The molecule has 98 valence electrons. The van der Waals surface area contributed by atoms with Gasteiger partial charge in [0.2, 0.25) is 0 Å². The first-order chi connectivity index (χ1) is 8.70. The fourth-order valence-electron chi connectivity index (χ4n) is 2.02. The molecule has 0 saturated carbocycles. The van der Waals surface area contributed by atoms with Gasteiger partial charge in [0.05, 0.1) is 12.2 Å². The van der Waals surface area contributed by atoms with Gasteiger partial charge >= 0.3 is 0 Å². The molecule has 0 bridgehead atoms. The smallest absolute Gasteiger partial charge is 0.253 e. The van der Waals surface area contributed by atoms with Crippen molar-refractivity contribution in [2.45, 2.75) is 19.4 Å². The van der Waals surface area contributed by atoms with E-state index in [0.29, 0.717) is 24.7 Å². The van der Waals surface area contributed by atoms with E-state index in [1.165, 1.54) is 0 Å². The molecule has 1 aromatic rings. The third-order valence-electron chi connectivity index (χ3n) is 3.24. The predicted molar refractivity (Wildman–Crippen MR) is 69.6 cm³/mol. The maximum atomic E-state index is 12.0. The number of hydrogen-bond donors (Lipinski definition) is 2. The number of nitrogens with one attached hydrogen (secondary N) is 2. The zero-order valence-corrected chi connectivity index (χ0v) is 10.8. The van der Waals surface area contributed by atoms with Crippen LogP contribution < -0.4 is 10.6 Å². The fourth-order valence-corrected chi connectivity index (χ4v) is 2.02. The molecule has 0 spiro atoms. The van der Waals surface area contributed by atoms with E-state index in [1.807, 2.05) is 0 Å². The summed E-state index contributed by atoms with van der Waals surface area (Å²) in [5, 5.41) is 5.97. The first-order valence-electron chi connectivity index (χ1n) is 6.23. The van der Waals surface area contributed by atoms with E-state index >= 15 is 0 Å². The van der Waals surface area contributed by atoms with E-state index in [0.717, 1.165) is 12.2 Å². The highest BCUT2D eigenvalue weighted by Crippen LogP contribution is 2.14. The average Bonchev–Trinajstić information content (AvgIpc) is 2.41. The molecule has 2 atom stereocenters. The molecule has 1 fully saturated rings. The third kappa shape index (κ3) is 2.98. The van der Waals surface area contributed by atoms with E-state index in [2.05, 4.69) is 22.5 Å². The van der Waals surface area contributed by atoms with Crippen LogP contribution >= 0.6 is 0 Å². The number of hydrogen-bond acceptors (Lipinski definition) is 4. The van der Waals surface area contributed by atoms with Gasteiger partial charge in [-0.3, -0.25) is 4.79 Å². The number of carbonyl (C=O) groups is 1. The summed E-state index contributed by atoms with van der Waals surface area (Å²) < 4.78 is 5.36. The summed E-state index contributed by atoms with van der Waals surface area (Å²) in [4.78, 5) is 16.2. The lowest BCUT2D eigenvalue weighted by Gasteiger charge is -2.29. The van der Waals surface area contributed by atoms with Crippen LogP contribution in [0.3, 0.4) is 0 Å². The van der Waals surface area contributed by atoms with Gasteiger partial charge in [-0.2, -0.15) is 0 Å². The van der Waals surface area contributed by atoms with Crippen LogP contribution in [0.4, 0.5) is 5.82 Å². The van der Waals surface area contributed by atoms with Gasteiger partial charge in [-0.05, 0) is 24.5 Å². The summed E-state index contributed by atoms with van der Waals surface area (Å²) in [7, 11) is 1.80. The first kappa shape index (κ1) is 12.8. The highest BCUT2D eigenvalue weighted by molar-refractivity contribution is 5.94. The second kappa shape index (κ2) is 5.82. The van der Waals surface area contributed by atoms with Crippen LogP contribution in [-0.4, -0.2) is 37.2 Å². The van der Waals surface area contributed by atoms with Gasteiger partial charge in [-0.1, -0.05) is 6.92 Å². The van der Waals surface area contributed by atoms with Crippen molar-refractivity contribution in [3.8, 4) is 0 Å². The zero-order chi connectivity index (χ0) is 13.0. The number of aromatic nitrogens is 1. The standard InChI is InChI=1S/C13H19N3O2/c1-9-8-18-6-5-11(9)16-13(17)10-3-4-12(14-2)15-7-10/h3-4,7,9,11H,5-6,8H2,1-2H3,(H,14,15)(H,16,17). The van der Waals surface area contributed by atoms with Crippen molar-refractivity contribution in [3.05, 3.63) is 23.9 Å². The molecule has 5 heteroatoms. The Bertz CT molecular complexity index is 405. The summed E-state index contributed by atoms with van der Waals surface area (Å²) in [5.74, 6) is 1.04. The van der Waals surface area contributed by atoms with Crippen molar-refractivity contribution in [2.75, 3.05) is 25.6 Å². The Balaban J connectivity index is 1.97. The minimum Gasteiger partial charge on any atom is -0.381 e. The molecule has 2 heterocycles. The Morgan fingerprint density at radius 1 is 1.50 bits per heavy atom. The van der Waals surface area contributed by atoms with Crippen molar-refractivity contribution in [1.82, 2.24) is 10.3 Å². The molecule has 1 aliphatic heterocycles. The molecular weight excluding hydrogens is 230 g/mol. The first-order valence-corrected chi connectivity index (χ1v) is 6.23. The number of anilines is 1. The number of ether oxygens (including phenoxy) is 1. The van der Waals surface area contributed by atoms with E-state index < -0.39 is 0 Å². The molecule has 2 rings (SSSR count). The van der Waals surface area contributed by atoms with Crippen LogP contribution in [-0.2, 0) is 4.74 Å². The molecule has 0 aliphatic carbocycles. The largest absolute Gasteiger partial charge is 0.381 e. The maximum absolute atomic E-state index is 12.0. The minimum atomic E-state index is -0.0658.